The first-order valence-electron chi connectivity index (χ1n) is 5.85. The van der Waals surface area contributed by atoms with Gasteiger partial charge in [0.25, 0.3) is 0 Å². The number of nitrogens with one attached hydrogen (secondary N) is 1. The molecule has 1 N–H and O–H groups in total. The third-order valence-corrected chi connectivity index (χ3v) is 4.83. The smallest absolute Gasteiger partial charge is 0.102 e. The largest absolute Gasteiger partial charge is 0.380 e. The van der Waals surface area contributed by atoms with E-state index in [4.69, 9.17) is 0 Å². The average Bonchev–Trinajstić information content (AvgIpc) is 2.83. The van der Waals surface area contributed by atoms with Gasteiger partial charge in [0.15, 0.2) is 0 Å². The van der Waals surface area contributed by atoms with Crippen molar-refractivity contribution in [3.8, 4) is 6.07 Å². The van der Waals surface area contributed by atoms with E-state index in [1.165, 1.54) is 12.2 Å². The summed E-state index contributed by atoms with van der Waals surface area (Å²) in [7, 11) is 0. The van der Waals surface area contributed by atoms with Gasteiger partial charge in [0.1, 0.15) is 6.07 Å². The molecule has 17 heavy (non-hydrogen) atoms. The predicted molar refractivity (Wildman–Crippen MR) is 76.9 cm³/mol. The van der Waals surface area contributed by atoms with Crippen molar-refractivity contribution < 1.29 is 0 Å². The van der Waals surface area contributed by atoms with Gasteiger partial charge in [-0.2, -0.15) is 17.0 Å². The summed E-state index contributed by atoms with van der Waals surface area (Å²) < 4.78 is 0. The highest BCUT2D eigenvalue weighted by Crippen LogP contribution is 2.30. The van der Waals surface area contributed by atoms with Gasteiger partial charge in [-0.15, -0.1) is 11.8 Å². The third-order valence-electron chi connectivity index (χ3n) is 2.73. The van der Waals surface area contributed by atoms with Crippen molar-refractivity contribution >= 4 is 29.2 Å². The molecule has 0 amide bonds. The minimum atomic E-state index is 0.522. The van der Waals surface area contributed by atoms with E-state index in [2.05, 4.69) is 18.3 Å². The van der Waals surface area contributed by atoms with Gasteiger partial charge in [-0.3, -0.25) is 0 Å². The second-order valence-electron chi connectivity index (χ2n) is 3.93. The molecule has 1 atom stereocenters. The van der Waals surface area contributed by atoms with Crippen molar-refractivity contribution in [1.29, 1.82) is 5.26 Å². The van der Waals surface area contributed by atoms with Gasteiger partial charge in [-0.25, -0.2) is 0 Å². The molecule has 1 aliphatic rings. The topological polar surface area (TPSA) is 35.8 Å². The molecule has 0 aliphatic carbocycles. The molecule has 0 aromatic heterocycles. The van der Waals surface area contributed by atoms with E-state index >= 15 is 0 Å². The third kappa shape index (κ3) is 3.11. The molecular formula is C13H16N2S2. The average molecular weight is 264 g/mol. The normalized spacial score (nSPS) is 18.9. The van der Waals surface area contributed by atoms with E-state index in [1.54, 1.807) is 11.8 Å². The summed E-state index contributed by atoms with van der Waals surface area (Å²) in [4.78, 5) is 1.09. The zero-order chi connectivity index (χ0) is 12.1. The highest BCUT2D eigenvalue weighted by molar-refractivity contribution is 7.99. The van der Waals surface area contributed by atoms with Gasteiger partial charge in [-0.1, -0.05) is 13.0 Å². The number of hydrogen-bond acceptors (Lipinski definition) is 4. The monoisotopic (exact) mass is 264 g/mol. The van der Waals surface area contributed by atoms with Crippen LogP contribution >= 0.6 is 23.5 Å². The van der Waals surface area contributed by atoms with Gasteiger partial charge in [0.05, 0.1) is 11.3 Å². The molecule has 0 radical (unpaired) electrons. The van der Waals surface area contributed by atoms with Crippen LogP contribution in [-0.2, 0) is 0 Å². The van der Waals surface area contributed by atoms with Gasteiger partial charge in [0, 0.05) is 16.7 Å². The Labute approximate surface area is 111 Å². The molecule has 1 aromatic carbocycles. The van der Waals surface area contributed by atoms with E-state index in [1.807, 2.05) is 30.0 Å². The number of thioether (sulfide) groups is 2. The molecule has 90 valence electrons. The number of nitrogens with zero attached hydrogens (tertiary/aromatic N) is 1. The lowest BCUT2D eigenvalue weighted by Crippen LogP contribution is -2.18. The Morgan fingerprint density at radius 1 is 1.59 bits per heavy atom. The van der Waals surface area contributed by atoms with E-state index < -0.39 is 0 Å². The molecule has 2 rings (SSSR count). The van der Waals surface area contributed by atoms with Crippen LogP contribution in [-0.4, -0.2) is 23.3 Å². The lowest BCUT2D eigenvalue weighted by molar-refractivity contribution is 0.812. The van der Waals surface area contributed by atoms with Crippen LogP contribution in [0.2, 0.25) is 0 Å². The second-order valence-corrected chi connectivity index (χ2v) is 6.38. The number of nitriles is 1. The summed E-state index contributed by atoms with van der Waals surface area (Å²) >= 11 is 3.71. The standard InChI is InChI=1S/C13H16N2S2/c1-2-17-13-5-3-4-12(11(13)8-14)15-10-6-7-16-9-10/h3-5,10,15H,2,6-7,9H2,1H3. The van der Waals surface area contributed by atoms with Crippen molar-refractivity contribution in [3.05, 3.63) is 23.8 Å². The van der Waals surface area contributed by atoms with E-state index in [0.29, 0.717) is 6.04 Å². The summed E-state index contributed by atoms with van der Waals surface area (Å²) in [5.41, 5.74) is 1.80. The maximum Gasteiger partial charge on any atom is 0.102 e. The molecule has 0 saturated carbocycles. The maximum absolute atomic E-state index is 9.29. The van der Waals surface area contributed by atoms with Crippen LogP contribution in [0, 0.1) is 11.3 Å². The fraction of sp³-hybridized carbons (Fsp3) is 0.462. The molecule has 1 unspecified atom stereocenters. The zero-order valence-corrected chi connectivity index (χ0v) is 11.5. The molecule has 0 bridgehead atoms. The molecule has 1 aliphatic heterocycles. The summed E-state index contributed by atoms with van der Waals surface area (Å²) in [6, 6.07) is 8.93. The van der Waals surface area contributed by atoms with Gasteiger partial charge >= 0.3 is 0 Å². The molecule has 1 heterocycles. The number of rotatable bonds is 4. The van der Waals surface area contributed by atoms with Crippen LogP contribution in [0.1, 0.15) is 18.9 Å². The Kier molecular flexibility index (Phi) is 4.64. The van der Waals surface area contributed by atoms with E-state index in [9.17, 15) is 5.26 Å². The minimum Gasteiger partial charge on any atom is -0.380 e. The van der Waals surface area contributed by atoms with Crippen molar-refractivity contribution in [2.45, 2.75) is 24.3 Å². The van der Waals surface area contributed by atoms with Gasteiger partial charge < -0.3 is 5.32 Å². The Morgan fingerprint density at radius 2 is 2.47 bits per heavy atom. The van der Waals surface area contributed by atoms with Crippen LogP contribution in [0.25, 0.3) is 0 Å². The van der Waals surface area contributed by atoms with Crippen LogP contribution in [0.4, 0.5) is 5.69 Å². The quantitative estimate of drug-likeness (QED) is 0.843. The summed E-state index contributed by atoms with van der Waals surface area (Å²) in [5.74, 6) is 3.37. The van der Waals surface area contributed by atoms with Crippen molar-refractivity contribution in [1.82, 2.24) is 0 Å². The first kappa shape index (κ1) is 12.7. The SMILES string of the molecule is CCSc1cccc(NC2CCSC2)c1C#N. The van der Waals surface area contributed by atoms with Crippen LogP contribution < -0.4 is 5.32 Å². The van der Waals surface area contributed by atoms with Crippen LogP contribution in [0.3, 0.4) is 0 Å². The first-order valence-corrected chi connectivity index (χ1v) is 7.99. The highest BCUT2D eigenvalue weighted by atomic mass is 32.2. The van der Waals surface area contributed by atoms with E-state index in [-0.39, 0.29) is 0 Å². The minimum absolute atomic E-state index is 0.522. The molecule has 4 heteroatoms. The van der Waals surface area contributed by atoms with E-state index in [0.717, 1.165) is 27.7 Å². The Morgan fingerprint density at radius 3 is 3.12 bits per heavy atom. The van der Waals surface area contributed by atoms with Crippen molar-refractivity contribution in [3.63, 3.8) is 0 Å². The molecule has 1 saturated heterocycles. The summed E-state index contributed by atoms with van der Waals surface area (Å²) in [5, 5.41) is 12.8. The Bertz CT molecular complexity index is 420. The molecule has 0 spiro atoms. The highest BCUT2D eigenvalue weighted by Gasteiger charge is 2.17. The lowest BCUT2D eigenvalue weighted by Gasteiger charge is -2.15. The number of hydrogen-bond donors (Lipinski definition) is 1. The number of anilines is 1. The fourth-order valence-corrected chi connectivity index (χ4v) is 3.85. The molecule has 2 nitrogen and oxygen atoms in total. The second kappa shape index (κ2) is 6.23. The lowest BCUT2D eigenvalue weighted by atomic mass is 10.1. The van der Waals surface area contributed by atoms with Crippen LogP contribution in [0.15, 0.2) is 23.1 Å². The zero-order valence-electron chi connectivity index (χ0n) is 9.90. The first-order chi connectivity index (χ1) is 8.35. The maximum atomic E-state index is 9.29. The molecule has 1 fully saturated rings. The molecule has 1 aromatic rings. The molecular weight excluding hydrogens is 248 g/mol. The fourth-order valence-electron chi connectivity index (χ4n) is 1.91. The van der Waals surface area contributed by atoms with Gasteiger partial charge in [0.2, 0.25) is 0 Å². The van der Waals surface area contributed by atoms with Crippen LogP contribution in [0.5, 0.6) is 0 Å². The number of benzene rings is 1. The Balaban J connectivity index is 2.20. The van der Waals surface area contributed by atoms with Gasteiger partial charge in [-0.05, 0) is 30.1 Å². The Hall–Kier alpha value is -0.790. The summed E-state index contributed by atoms with van der Waals surface area (Å²) in [6.45, 7) is 2.11. The van der Waals surface area contributed by atoms with Crippen molar-refractivity contribution in [2.75, 3.05) is 22.6 Å². The predicted octanol–water partition coefficient (Wildman–Crippen LogP) is 3.59. The van der Waals surface area contributed by atoms with Crippen molar-refractivity contribution in [2.24, 2.45) is 0 Å². The summed E-state index contributed by atoms with van der Waals surface area (Å²) in [6.07, 6.45) is 1.20.